The van der Waals surface area contributed by atoms with E-state index in [4.69, 9.17) is 0 Å². The number of aromatic nitrogens is 1. The molecule has 0 atom stereocenters. The average molecular weight is 334 g/mol. The first kappa shape index (κ1) is 15.6. The standard InChI is InChI=1S/C18H26N2O2S/c21-17(22)14-3-5-18(6-4-14)7-9-20(10-8-18)11-15-16(13-1-2-13)19-12-23-15/h12-14H,1-11H2,(H,21,22). The number of nitrogens with zero attached hydrogens (tertiary/aromatic N) is 2. The van der Waals surface area contributed by atoms with Gasteiger partial charge in [0.25, 0.3) is 0 Å². The smallest absolute Gasteiger partial charge is 0.306 e. The molecule has 126 valence electrons. The molecule has 23 heavy (non-hydrogen) atoms. The lowest BCUT2D eigenvalue weighted by Gasteiger charge is -2.45. The lowest BCUT2D eigenvalue weighted by Crippen LogP contribution is -2.42. The van der Waals surface area contributed by atoms with Crippen molar-refractivity contribution in [2.75, 3.05) is 13.1 Å². The molecule has 1 aromatic rings. The second-order valence-corrected chi connectivity index (χ2v) is 8.76. The van der Waals surface area contributed by atoms with E-state index >= 15 is 0 Å². The van der Waals surface area contributed by atoms with Gasteiger partial charge in [0.2, 0.25) is 0 Å². The summed E-state index contributed by atoms with van der Waals surface area (Å²) in [6.45, 7) is 3.41. The molecule has 3 aliphatic rings. The van der Waals surface area contributed by atoms with Crippen LogP contribution in [0.3, 0.4) is 0 Å². The van der Waals surface area contributed by atoms with Gasteiger partial charge in [-0.3, -0.25) is 9.69 Å². The monoisotopic (exact) mass is 334 g/mol. The molecule has 4 nitrogen and oxygen atoms in total. The van der Waals surface area contributed by atoms with Gasteiger partial charge in [-0.1, -0.05) is 0 Å². The molecule has 0 amide bonds. The van der Waals surface area contributed by atoms with Crippen LogP contribution in [0.1, 0.15) is 67.9 Å². The maximum Gasteiger partial charge on any atom is 0.306 e. The average Bonchev–Trinajstić information content (AvgIpc) is 3.30. The minimum atomic E-state index is -0.588. The van der Waals surface area contributed by atoms with Gasteiger partial charge in [-0.15, -0.1) is 11.3 Å². The van der Waals surface area contributed by atoms with Gasteiger partial charge < -0.3 is 5.11 Å². The van der Waals surface area contributed by atoms with Crippen molar-refractivity contribution in [3.05, 3.63) is 16.1 Å². The summed E-state index contributed by atoms with van der Waals surface area (Å²) in [4.78, 5) is 19.8. The number of rotatable bonds is 4. The molecular formula is C18H26N2O2S. The number of aliphatic carboxylic acids is 1. The van der Waals surface area contributed by atoms with Crippen LogP contribution in [0.15, 0.2) is 5.51 Å². The van der Waals surface area contributed by atoms with Crippen molar-refractivity contribution in [3.63, 3.8) is 0 Å². The van der Waals surface area contributed by atoms with Crippen molar-refractivity contribution < 1.29 is 9.90 Å². The summed E-state index contributed by atoms with van der Waals surface area (Å²) in [7, 11) is 0. The van der Waals surface area contributed by atoms with Crippen LogP contribution in [0.5, 0.6) is 0 Å². The first-order valence-electron chi connectivity index (χ1n) is 9.03. The van der Waals surface area contributed by atoms with Crippen molar-refractivity contribution in [3.8, 4) is 0 Å². The number of hydrogen-bond donors (Lipinski definition) is 1. The fourth-order valence-electron chi connectivity index (χ4n) is 4.45. The minimum absolute atomic E-state index is 0.0862. The Hall–Kier alpha value is -0.940. The zero-order valence-electron chi connectivity index (χ0n) is 13.7. The summed E-state index contributed by atoms with van der Waals surface area (Å²) in [6, 6.07) is 0. The molecule has 0 bridgehead atoms. The van der Waals surface area contributed by atoms with Gasteiger partial charge in [0.1, 0.15) is 0 Å². The van der Waals surface area contributed by atoms with Gasteiger partial charge in [0, 0.05) is 17.3 Å². The van der Waals surface area contributed by atoms with E-state index in [0.29, 0.717) is 5.41 Å². The van der Waals surface area contributed by atoms with Gasteiger partial charge in [0.05, 0.1) is 17.1 Å². The van der Waals surface area contributed by atoms with Gasteiger partial charge in [-0.05, 0) is 69.9 Å². The van der Waals surface area contributed by atoms with E-state index in [-0.39, 0.29) is 5.92 Å². The zero-order valence-corrected chi connectivity index (χ0v) is 14.5. The van der Waals surface area contributed by atoms with Crippen LogP contribution in [0.25, 0.3) is 0 Å². The Morgan fingerprint density at radius 3 is 2.52 bits per heavy atom. The van der Waals surface area contributed by atoms with Crippen LogP contribution in [-0.2, 0) is 11.3 Å². The van der Waals surface area contributed by atoms with Crippen LogP contribution in [0, 0.1) is 11.3 Å². The van der Waals surface area contributed by atoms with Crippen molar-refractivity contribution >= 4 is 17.3 Å². The third kappa shape index (κ3) is 3.31. The molecule has 0 radical (unpaired) electrons. The second-order valence-electron chi connectivity index (χ2n) is 7.82. The summed E-state index contributed by atoms with van der Waals surface area (Å²) in [6.07, 6.45) is 9.15. The predicted molar refractivity (Wildman–Crippen MR) is 90.6 cm³/mol. The molecule has 1 aromatic heterocycles. The Morgan fingerprint density at radius 2 is 1.91 bits per heavy atom. The fraction of sp³-hybridized carbons (Fsp3) is 0.778. The highest BCUT2D eigenvalue weighted by atomic mass is 32.1. The molecule has 2 aliphatic carbocycles. The number of carboxylic acids is 1. The van der Waals surface area contributed by atoms with Crippen molar-refractivity contribution in [2.24, 2.45) is 11.3 Å². The number of thiazole rings is 1. The van der Waals surface area contributed by atoms with Crippen LogP contribution in [0.2, 0.25) is 0 Å². The highest BCUT2D eigenvalue weighted by Crippen LogP contribution is 2.47. The minimum Gasteiger partial charge on any atom is -0.481 e. The normalized spacial score (nSPS) is 25.7. The van der Waals surface area contributed by atoms with Gasteiger partial charge in [-0.2, -0.15) is 0 Å². The summed E-state index contributed by atoms with van der Waals surface area (Å²) in [5.41, 5.74) is 3.83. The molecule has 2 saturated carbocycles. The Bertz CT molecular complexity index is 563. The van der Waals surface area contributed by atoms with Gasteiger partial charge in [0.15, 0.2) is 0 Å². The lowest BCUT2D eigenvalue weighted by atomic mass is 9.65. The summed E-state index contributed by atoms with van der Waals surface area (Å²) >= 11 is 1.82. The topological polar surface area (TPSA) is 53.4 Å². The number of carbonyl (C=O) groups is 1. The van der Waals surface area contributed by atoms with Crippen LogP contribution in [0.4, 0.5) is 0 Å². The largest absolute Gasteiger partial charge is 0.481 e. The maximum atomic E-state index is 11.1. The van der Waals surface area contributed by atoms with E-state index in [0.717, 1.165) is 38.1 Å². The summed E-state index contributed by atoms with van der Waals surface area (Å²) in [5, 5.41) is 9.17. The maximum absolute atomic E-state index is 11.1. The first-order chi connectivity index (χ1) is 11.2. The first-order valence-corrected chi connectivity index (χ1v) is 9.91. The van der Waals surface area contributed by atoms with Crippen molar-refractivity contribution in [1.29, 1.82) is 0 Å². The van der Waals surface area contributed by atoms with Gasteiger partial charge in [-0.25, -0.2) is 4.98 Å². The summed E-state index contributed by atoms with van der Waals surface area (Å²) in [5.74, 6) is 0.0747. The van der Waals surface area contributed by atoms with E-state index < -0.39 is 5.97 Å². The molecule has 3 fully saturated rings. The Morgan fingerprint density at radius 1 is 1.22 bits per heavy atom. The van der Waals surface area contributed by atoms with Crippen LogP contribution in [-0.4, -0.2) is 34.0 Å². The Kier molecular flexibility index (Phi) is 4.18. The predicted octanol–water partition coefficient (Wildman–Crippen LogP) is 3.88. The van der Waals surface area contributed by atoms with E-state index in [2.05, 4.69) is 9.88 Å². The molecule has 1 aliphatic heterocycles. The molecule has 0 aromatic carbocycles. The highest BCUT2D eigenvalue weighted by molar-refractivity contribution is 7.09. The second kappa shape index (κ2) is 6.17. The number of carboxylic acid groups (broad SMARTS) is 1. The number of piperidine rings is 1. The fourth-order valence-corrected chi connectivity index (χ4v) is 5.34. The third-order valence-corrected chi connectivity index (χ3v) is 7.15. The van der Waals surface area contributed by atoms with E-state index in [1.165, 1.54) is 49.3 Å². The molecule has 2 heterocycles. The van der Waals surface area contributed by atoms with Crippen LogP contribution < -0.4 is 0 Å². The molecule has 4 rings (SSSR count). The molecule has 1 spiro atoms. The number of hydrogen-bond acceptors (Lipinski definition) is 4. The SMILES string of the molecule is O=C(O)C1CCC2(CC1)CCN(Cc1scnc1C1CC1)CC2. The summed E-state index contributed by atoms with van der Waals surface area (Å²) < 4.78 is 0. The Balaban J connectivity index is 1.31. The molecular weight excluding hydrogens is 308 g/mol. The lowest BCUT2D eigenvalue weighted by molar-refractivity contribution is -0.144. The van der Waals surface area contributed by atoms with E-state index in [9.17, 15) is 9.90 Å². The molecule has 1 N–H and O–H groups in total. The molecule has 5 heteroatoms. The third-order valence-electron chi connectivity index (χ3n) is 6.32. The van der Waals surface area contributed by atoms with Crippen LogP contribution >= 0.6 is 11.3 Å². The molecule has 0 unspecified atom stereocenters. The van der Waals surface area contributed by atoms with Gasteiger partial charge >= 0.3 is 5.97 Å². The quantitative estimate of drug-likeness (QED) is 0.908. The highest BCUT2D eigenvalue weighted by Gasteiger charge is 2.40. The number of likely N-dealkylation sites (tertiary alicyclic amines) is 1. The van der Waals surface area contributed by atoms with Crippen molar-refractivity contribution in [2.45, 2.75) is 63.8 Å². The Labute approximate surface area is 141 Å². The van der Waals surface area contributed by atoms with Crippen molar-refractivity contribution in [1.82, 2.24) is 9.88 Å². The van der Waals surface area contributed by atoms with E-state index in [1.807, 2.05) is 16.8 Å². The molecule has 1 saturated heterocycles. The zero-order chi connectivity index (χ0) is 15.9. The van der Waals surface area contributed by atoms with E-state index in [1.54, 1.807) is 0 Å².